The Morgan fingerprint density at radius 2 is 1.71 bits per heavy atom. The summed E-state index contributed by atoms with van der Waals surface area (Å²) < 4.78 is 13.0. The molecule has 0 radical (unpaired) electrons. The van der Waals surface area contributed by atoms with Crippen molar-refractivity contribution in [1.82, 2.24) is 5.32 Å². The van der Waals surface area contributed by atoms with E-state index in [1.54, 1.807) is 12.1 Å². The van der Waals surface area contributed by atoms with Crippen molar-refractivity contribution in [3.05, 3.63) is 30.1 Å². The molecule has 1 aromatic rings. The van der Waals surface area contributed by atoms with Gasteiger partial charge >= 0.3 is 0 Å². The molecule has 3 rings (SSSR count). The van der Waals surface area contributed by atoms with Crippen LogP contribution in [0.2, 0.25) is 0 Å². The highest BCUT2D eigenvalue weighted by atomic mass is 19.1. The molecule has 0 spiro atoms. The molecule has 2 aliphatic heterocycles. The summed E-state index contributed by atoms with van der Waals surface area (Å²) in [5.74, 6) is -0.147. The fraction of sp³-hybridized carbons (Fsp3) is 0.571. The third-order valence-corrected chi connectivity index (χ3v) is 4.27. The van der Waals surface area contributed by atoms with Gasteiger partial charge in [-0.15, -0.1) is 0 Å². The van der Waals surface area contributed by atoms with Crippen molar-refractivity contribution >= 4 is 5.69 Å². The van der Waals surface area contributed by atoms with Crippen LogP contribution in [-0.4, -0.2) is 25.2 Å². The second kappa shape index (κ2) is 4.30. The minimum absolute atomic E-state index is 0.147. The number of nitrogens with zero attached hydrogens (tertiary/aromatic N) is 1. The lowest BCUT2D eigenvalue weighted by Crippen LogP contribution is -2.48. The van der Waals surface area contributed by atoms with Gasteiger partial charge in [-0.25, -0.2) is 4.39 Å². The zero-order chi connectivity index (χ0) is 11.8. The Morgan fingerprint density at radius 1 is 1.12 bits per heavy atom. The maximum absolute atomic E-state index is 13.0. The van der Waals surface area contributed by atoms with Crippen LogP contribution in [0.4, 0.5) is 10.1 Å². The fourth-order valence-electron chi connectivity index (χ4n) is 3.45. The first-order valence-corrected chi connectivity index (χ1v) is 6.49. The Labute approximate surface area is 102 Å². The first kappa shape index (κ1) is 11.0. The van der Waals surface area contributed by atoms with Crippen molar-refractivity contribution in [3.63, 3.8) is 0 Å². The first-order valence-electron chi connectivity index (χ1n) is 6.49. The van der Waals surface area contributed by atoms with Crippen LogP contribution in [0.5, 0.6) is 0 Å². The van der Waals surface area contributed by atoms with Gasteiger partial charge in [-0.1, -0.05) is 0 Å². The summed E-state index contributed by atoms with van der Waals surface area (Å²) in [5, 5.41) is 3.40. The second-order valence-electron chi connectivity index (χ2n) is 5.23. The Morgan fingerprint density at radius 3 is 2.24 bits per heavy atom. The van der Waals surface area contributed by atoms with Crippen LogP contribution in [0.15, 0.2) is 24.3 Å². The highest BCUT2D eigenvalue weighted by molar-refractivity contribution is 5.50. The van der Waals surface area contributed by atoms with Crippen molar-refractivity contribution < 1.29 is 4.39 Å². The topological polar surface area (TPSA) is 15.3 Å². The molecule has 0 aromatic heterocycles. The molecule has 0 saturated carbocycles. The molecule has 2 aliphatic rings. The van der Waals surface area contributed by atoms with E-state index in [1.165, 1.54) is 31.4 Å². The molecule has 0 amide bonds. The lowest BCUT2D eigenvalue weighted by atomic mass is 9.97. The zero-order valence-corrected chi connectivity index (χ0v) is 10.2. The monoisotopic (exact) mass is 234 g/mol. The number of benzene rings is 1. The molecule has 2 fully saturated rings. The average Bonchev–Trinajstić information content (AvgIpc) is 2.61. The van der Waals surface area contributed by atoms with E-state index in [4.69, 9.17) is 0 Å². The van der Waals surface area contributed by atoms with E-state index in [-0.39, 0.29) is 5.82 Å². The summed E-state index contributed by atoms with van der Waals surface area (Å²) in [5.41, 5.74) is 1.19. The molecule has 0 aliphatic carbocycles. The van der Waals surface area contributed by atoms with Crippen molar-refractivity contribution in [1.29, 1.82) is 0 Å². The van der Waals surface area contributed by atoms with Crippen LogP contribution in [0.25, 0.3) is 0 Å². The summed E-state index contributed by atoms with van der Waals surface area (Å²) in [4.78, 5) is 2.51. The minimum Gasteiger partial charge on any atom is -0.365 e. The maximum atomic E-state index is 13.0. The lowest BCUT2D eigenvalue weighted by molar-refractivity contribution is 0.373. The molecule has 92 valence electrons. The number of anilines is 1. The van der Waals surface area contributed by atoms with Crippen LogP contribution in [0.3, 0.4) is 0 Å². The fourth-order valence-corrected chi connectivity index (χ4v) is 3.45. The predicted molar refractivity (Wildman–Crippen MR) is 67.8 cm³/mol. The van der Waals surface area contributed by atoms with Gasteiger partial charge in [0.15, 0.2) is 0 Å². The number of halogens is 1. The number of hydrogen-bond donors (Lipinski definition) is 1. The summed E-state index contributed by atoms with van der Waals surface area (Å²) in [6.07, 6.45) is 4.98. The molecule has 3 heteroatoms. The summed E-state index contributed by atoms with van der Waals surface area (Å²) in [6.45, 7) is 0. The van der Waals surface area contributed by atoms with Crippen LogP contribution < -0.4 is 10.2 Å². The van der Waals surface area contributed by atoms with Crippen molar-refractivity contribution in [2.45, 2.75) is 43.8 Å². The molecule has 17 heavy (non-hydrogen) atoms. The molecule has 1 aromatic carbocycles. The third kappa shape index (κ3) is 1.93. The lowest BCUT2D eigenvalue weighted by Gasteiger charge is -2.40. The van der Waals surface area contributed by atoms with Gasteiger partial charge < -0.3 is 10.2 Å². The van der Waals surface area contributed by atoms with Gasteiger partial charge in [0.25, 0.3) is 0 Å². The molecule has 2 bridgehead atoms. The Bertz CT molecular complexity index is 376. The van der Waals surface area contributed by atoms with Gasteiger partial charge in [-0.2, -0.15) is 0 Å². The zero-order valence-electron chi connectivity index (χ0n) is 10.2. The molecule has 2 saturated heterocycles. The van der Waals surface area contributed by atoms with Crippen molar-refractivity contribution in [2.24, 2.45) is 0 Å². The Kier molecular flexibility index (Phi) is 2.79. The number of rotatable bonds is 2. The SMILES string of the molecule is CNC1CC2CCC(C1)N2c1ccc(F)cc1. The van der Waals surface area contributed by atoms with Crippen LogP contribution in [0, 0.1) is 5.82 Å². The number of fused-ring (bicyclic) bond motifs is 2. The third-order valence-electron chi connectivity index (χ3n) is 4.27. The van der Waals surface area contributed by atoms with Crippen molar-refractivity contribution in [2.75, 3.05) is 11.9 Å². The summed E-state index contributed by atoms with van der Waals surface area (Å²) in [7, 11) is 2.05. The highest BCUT2D eigenvalue weighted by Gasteiger charge is 2.40. The summed E-state index contributed by atoms with van der Waals surface area (Å²) >= 11 is 0. The Balaban J connectivity index is 1.83. The van der Waals surface area contributed by atoms with Crippen LogP contribution in [-0.2, 0) is 0 Å². The number of nitrogens with one attached hydrogen (secondary N) is 1. The molecule has 2 unspecified atom stereocenters. The number of piperidine rings is 1. The van der Waals surface area contributed by atoms with Gasteiger partial charge in [-0.3, -0.25) is 0 Å². The van der Waals surface area contributed by atoms with E-state index >= 15 is 0 Å². The number of hydrogen-bond acceptors (Lipinski definition) is 2. The largest absolute Gasteiger partial charge is 0.365 e. The average molecular weight is 234 g/mol. The van der Waals surface area contributed by atoms with E-state index < -0.39 is 0 Å². The van der Waals surface area contributed by atoms with E-state index in [9.17, 15) is 4.39 Å². The molecule has 2 atom stereocenters. The van der Waals surface area contributed by atoms with Gasteiger partial charge in [0.05, 0.1) is 0 Å². The van der Waals surface area contributed by atoms with Gasteiger partial charge in [0, 0.05) is 23.8 Å². The minimum atomic E-state index is -0.147. The predicted octanol–water partition coefficient (Wildman–Crippen LogP) is 2.54. The first-order chi connectivity index (χ1) is 8.28. The van der Waals surface area contributed by atoms with Crippen LogP contribution in [0.1, 0.15) is 25.7 Å². The van der Waals surface area contributed by atoms with Gasteiger partial charge in [0.2, 0.25) is 0 Å². The van der Waals surface area contributed by atoms with E-state index in [0.29, 0.717) is 18.1 Å². The van der Waals surface area contributed by atoms with E-state index in [1.807, 2.05) is 12.1 Å². The summed E-state index contributed by atoms with van der Waals surface area (Å²) in [6, 6.07) is 8.90. The smallest absolute Gasteiger partial charge is 0.123 e. The quantitative estimate of drug-likeness (QED) is 0.846. The molecule has 1 N–H and O–H groups in total. The van der Waals surface area contributed by atoms with Crippen LogP contribution >= 0.6 is 0 Å². The maximum Gasteiger partial charge on any atom is 0.123 e. The van der Waals surface area contributed by atoms with Gasteiger partial charge in [-0.05, 0) is 57.0 Å². The van der Waals surface area contributed by atoms with E-state index in [2.05, 4.69) is 17.3 Å². The second-order valence-corrected chi connectivity index (χ2v) is 5.23. The Hall–Kier alpha value is -1.09. The molecular weight excluding hydrogens is 215 g/mol. The molecule has 2 heterocycles. The standard InChI is InChI=1S/C14H19FN2/c1-16-11-8-13-6-7-14(9-11)17(13)12-4-2-10(15)3-5-12/h2-5,11,13-14,16H,6-9H2,1H3. The highest BCUT2D eigenvalue weighted by Crippen LogP contribution is 2.39. The van der Waals surface area contributed by atoms with Crippen molar-refractivity contribution in [3.8, 4) is 0 Å². The molecular formula is C14H19FN2. The normalized spacial score (nSPS) is 31.9. The van der Waals surface area contributed by atoms with Gasteiger partial charge in [0.1, 0.15) is 5.82 Å². The molecule has 2 nitrogen and oxygen atoms in total. The van der Waals surface area contributed by atoms with E-state index in [0.717, 1.165) is 0 Å².